The minimum absolute atomic E-state index is 0.226. The summed E-state index contributed by atoms with van der Waals surface area (Å²) < 4.78 is 2.42. The molecule has 0 radical (unpaired) electrons. The zero-order valence-corrected chi connectivity index (χ0v) is 8.95. The molecule has 5 heteroatoms. The number of halogens is 1. The van der Waals surface area contributed by atoms with Crippen LogP contribution >= 0.6 is 15.9 Å². The van der Waals surface area contributed by atoms with E-state index in [0.717, 1.165) is 5.52 Å². The van der Waals surface area contributed by atoms with Crippen LogP contribution in [0.25, 0.3) is 11.0 Å². The largest absolute Gasteiger partial charge is 0.478 e. The van der Waals surface area contributed by atoms with Gasteiger partial charge in [0, 0.05) is 7.05 Å². The van der Waals surface area contributed by atoms with E-state index in [0.29, 0.717) is 10.3 Å². The van der Waals surface area contributed by atoms with Gasteiger partial charge < -0.3 is 9.67 Å². The number of fused-ring (bicyclic) bond motifs is 1. The molecule has 1 aromatic heterocycles. The van der Waals surface area contributed by atoms with E-state index in [2.05, 4.69) is 20.9 Å². The second kappa shape index (κ2) is 3.09. The molecule has 72 valence electrons. The fourth-order valence-corrected chi connectivity index (χ4v) is 1.73. The Morgan fingerprint density at radius 1 is 1.57 bits per heavy atom. The first-order valence-corrected chi connectivity index (χ1v) is 4.75. The summed E-state index contributed by atoms with van der Waals surface area (Å²) in [5.41, 5.74) is 1.54. The number of rotatable bonds is 1. The lowest BCUT2D eigenvalue weighted by Gasteiger charge is -1.96. The number of aromatic carboxylic acids is 1. The monoisotopic (exact) mass is 254 g/mol. The topological polar surface area (TPSA) is 55.1 Å². The lowest BCUT2D eigenvalue weighted by Crippen LogP contribution is -1.97. The van der Waals surface area contributed by atoms with Crippen molar-refractivity contribution in [3.05, 3.63) is 28.5 Å². The normalized spacial score (nSPS) is 10.7. The molecule has 14 heavy (non-hydrogen) atoms. The zero-order valence-electron chi connectivity index (χ0n) is 7.36. The van der Waals surface area contributed by atoms with Crippen LogP contribution in [0, 0.1) is 0 Å². The smallest absolute Gasteiger partial charge is 0.337 e. The molecule has 0 spiro atoms. The Labute approximate surface area is 88.3 Å². The van der Waals surface area contributed by atoms with Crippen molar-refractivity contribution in [3.8, 4) is 0 Å². The fraction of sp³-hybridized carbons (Fsp3) is 0.111. The highest BCUT2D eigenvalue weighted by molar-refractivity contribution is 9.10. The minimum atomic E-state index is -0.957. The number of hydrogen-bond acceptors (Lipinski definition) is 2. The van der Waals surface area contributed by atoms with Gasteiger partial charge in [-0.3, -0.25) is 0 Å². The van der Waals surface area contributed by atoms with Crippen molar-refractivity contribution >= 4 is 32.9 Å². The number of aromatic nitrogens is 2. The number of nitrogens with zero attached hydrogens (tertiary/aromatic N) is 2. The number of carboxylic acid groups (broad SMARTS) is 1. The highest BCUT2D eigenvalue weighted by Gasteiger charge is 2.13. The Morgan fingerprint density at radius 3 is 2.93 bits per heavy atom. The summed E-state index contributed by atoms with van der Waals surface area (Å²) in [5.74, 6) is -0.957. The van der Waals surface area contributed by atoms with Crippen LogP contribution in [0.4, 0.5) is 0 Å². The highest BCUT2D eigenvalue weighted by atomic mass is 79.9. The Morgan fingerprint density at radius 2 is 2.29 bits per heavy atom. The predicted molar refractivity (Wildman–Crippen MR) is 55.4 cm³/mol. The summed E-state index contributed by atoms with van der Waals surface area (Å²) in [6.45, 7) is 0. The summed E-state index contributed by atoms with van der Waals surface area (Å²) in [5, 5.41) is 8.92. The van der Waals surface area contributed by atoms with Gasteiger partial charge in [0.2, 0.25) is 0 Å². The molecule has 1 aromatic carbocycles. The van der Waals surface area contributed by atoms with Crippen molar-refractivity contribution in [2.24, 2.45) is 7.05 Å². The van der Waals surface area contributed by atoms with E-state index in [1.165, 1.54) is 0 Å². The van der Waals surface area contributed by atoms with E-state index >= 15 is 0 Å². The molecule has 1 heterocycles. The predicted octanol–water partition coefficient (Wildman–Crippen LogP) is 2.03. The molecule has 0 amide bonds. The molecule has 0 aliphatic carbocycles. The number of benzene rings is 1. The average Bonchev–Trinajstić information content (AvgIpc) is 2.43. The van der Waals surface area contributed by atoms with Crippen LogP contribution < -0.4 is 0 Å². The molecular formula is C9H7BrN2O2. The highest BCUT2D eigenvalue weighted by Crippen LogP contribution is 2.21. The molecule has 4 nitrogen and oxygen atoms in total. The molecule has 0 unspecified atom stereocenters. The van der Waals surface area contributed by atoms with Crippen LogP contribution in [0.15, 0.2) is 22.9 Å². The molecular weight excluding hydrogens is 248 g/mol. The van der Waals surface area contributed by atoms with Gasteiger partial charge in [0.05, 0.1) is 11.1 Å². The second-order valence-corrected chi connectivity index (χ2v) is 3.63. The van der Waals surface area contributed by atoms with Crippen molar-refractivity contribution in [2.45, 2.75) is 0 Å². The lowest BCUT2D eigenvalue weighted by molar-refractivity contribution is 0.0699. The number of para-hydroxylation sites is 1. The third-order valence-electron chi connectivity index (χ3n) is 2.09. The lowest BCUT2D eigenvalue weighted by atomic mass is 10.2. The van der Waals surface area contributed by atoms with Gasteiger partial charge in [-0.1, -0.05) is 6.07 Å². The Balaban J connectivity index is 2.88. The van der Waals surface area contributed by atoms with Crippen molar-refractivity contribution in [2.75, 3.05) is 0 Å². The van der Waals surface area contributed by atoms with Crippen LogP contribution in [0.1, 0.15) is 10.4 Å². The van der Waals surface area contributed by atoms with E-state index in [-0.39, 0.29) is 5.56 Å². The van der Waals surface area contributed by atoms with Crippen LogP contribution in [-0.2, 0) is 7.05 Å². The summed E-state index contributed by atoms with van der Waals surface area (Å²) in [4.78, 5) is 15.0. The number of imidazole rings is 1. The zero-order chi connectivity index (χ0) is 10.3. The van der Waals surface area contributed by atoms with Gasteiger partial charge in [0.15, 0.2) is 4.73 Å². The number of hydrogen-bond donors (Lipinski definition) is 1. The van der Waals surface area contributed by atoms with Crippen LogP contribution in [-0.4, -0.2) is 20.6 Å². The Kier molecular flexibility index (Phi) is 2.03. The molecule has 0 saturated carbocycles. The summed E-state index contributed by atoms with van der Waals surface area (Å²) in [7, 11) is 1.82. The summed E-state index contributed by atoms with van der Waals surface area (Å²) in [6, 6.07) is 5.09. The molecule has 0 aliphatic heterocycles. The van der Waals surface area contributed by atoms with E-state index in [1.54, 1.807) is 16.7 Å². The van der Waals surface area contributed by atoms with Crippen molar-refractivity contribution in [1.82, 2.24) is 9.55 Å². The Hall–Kier alpha value is -1.36. The fourth-order valence-electron chi connectivity index (χ4n) is 1.36. The van der Waals surface area contributed by atoms with Crippen LogP contribution in [0.3, 0.4) is 0 Å². The maximum absolute atomic E-state index is 10.9. The summed E-state index contributed by atoms with van der Waals surface area (Å²) >= 11 is 3.25. The quantitative estimate of drug-likeness (QED) is 0.848. The first kappa shape index (κ1) is 9.21. The van der Waals surface area contributed by atoms with E-state index in [4.69, 9.17) is 5.11 Å². The summed E-state index contributed by atoms with van der Waals surface area (Å²) in [6.07, 6.45) is 0. The minimum Gasteiger partial charge on any atom is -0.478 e. The van der Waals surface area contributed by atoms with Gasteiger partial charge >= 0.3 is 5.97 Å². The van der Waals surface area contributed by atoms with Gasteiger partial charge in [-0.25, -0.2) is 9.78 Å². The number of carbonyl (C=O) groups is 1. The van der Waals surface area contributed by atoms with Gasteiger partial charge in [-0.05, 0) is 28.1 Å². The second-order valence-electron chi connectivity index (χ2n) is 2.92. The Bertz CT molecular complexity index is 519. The number of aryl methyl sites for hydroxylation is 1. The first-order chi connectivity index (χ1) is 6.61. The van der Waals surface area contributed by atoms with Gasteiger partial charge in [-0.2, -0.15) is 0 Å². The molecule has 0 bridgehead atoms. The van der Waals surface area contributed by atoms with E-state index in [9.17, 15) is 4.79 Å². The molecule has 1 N–H and O–H groups in total. The maximum Gasteiger partial charge on any atom is 0.337 e. The third kappa shape index (κ3) is 1.21. The van der Waals surface area contributed by atoms with Gasteiger partial charge in [0.25, 0.3) is 0 Å². The molecule has 2 rings (SSSR count). The van der Waals surface area contributed by atoms with Crippen molar-refractivity contribution < 1.29 is 9.90 Å². The van der Waals surface area contributed by atoms with Gasteiger partial charge in [0.1, 0.15) is 5.52 Å². The number of carboxylic acids is 1. The molecule has 0 saturated heterocycles. The maximum atomic E-state index is 10.9. The molecule has 0 aliphatic rings. The third-order valence-corrected chi connectivity index (χ3v) is 2.80. The van der Waals surface area contributed by atoms with Crippen molar-refractivity contribution in [1.29, 1.82) is 0 Å². The van der Waals surface area contributed by atoms with E-state index < -0.39 is 5.97 Å². The molecule has 0 atom stereocenters. The van der Waals surface area contributed by atoms with Gasteiger partial charge in [-0.15, -0.1) is 0 Å². The first-order valence-electron chi connectivity index (χ1n) is 3.95. The average molecular weight is 255 g/mol. The van der Waals surface area contributed by atoms with Crippen LogP contribution in [0.2, 0.25) is 0 Å². The van der Waals surface area contributed by atoms with E-state index in [1.807, 2.05) is 13.1 Å². The molecule has 2 aromatic rings. The molecule has 0 fully saturated rings. The van der Waals surface area contributed by atoms with Crippen LogP contribution in [0.5, 0.6) is 0 Å². The SMILES string of the molecule is Cn1c(Br)nc2c(C(=O)O)cccc21. The van der Waals surface area contributed by atoms with Crippen molar-refractivity contribution in [3.63, 3.8) is 0 Å². The standard InChI is InChI=1S/C9H7BrN2O2/c1-12-6-4-2-3-5(8(13)14)7(6)11-9(12)10/h2-4H,1H3,(H,13,14).